The van der Waals surface area contributed by atoms with Gasteiger partial charge in [-0.15, -0.1) is 0 Å². The van der Waals surface area contributed by atoms with E-state index < -0.39 is 17.5 Å². The Morgan fingerprint density at radius 1 is 0.938 bits per heavy atom. The van der Waals surface area contributed by atoms with Gasteiger partial charge in [0.05, 0.1) is 6.20 Å². The number of benzene rings is 1. The van der Waals surface area contributed by atoms with E-state index in [4.69, 9.17) is 0 Å². The number of aromatic nitrogens is 1. The predicted octanol–water partition coefficient (Wildman–Crippen LogP) is 3.77. The summed E-state index contributed by atoms with van der Waals surface area (Å²) in [5, 5.41) is 0. The number of hydrogen-bond acceptors (Lipinski definition) is 1. The van der Waals surface area contributed by atoms with Gasteiger partial charge in [-0.05, 0) is 40.8 Å². The number of hydrogen-bond donors (Lipinski definition) is 0. The molecule has 82 valence electrons. The second-order valence-corrected chi connectivity index (χ2v) is 4.39. The standard InChI is InChI=1S/C11H5F3IN/c12-7-1-6(2-9(15)3-7)11-10(14)4-8(13)5-16-11/h1-5H. The third-order valence-corrected chi connectivity index (χ3v) is 2.57. The van der Waals surface area contributed by atoms with Crippen molar-refractivity contribution in [3.63, 3.8) is 0 Å². The fourth-order valence-corrected chi connectivity index (χ4v) is 1.95. The van der Waals surface area contributed by atoms with Crippen LogP contribution in [0, 0.1) is 21.0 Å². The van der Waals surface area contributed by atoms with Crippen LogP contribution < -0.4 is 0 Å². The van der Waals surface area contributed by atoms with Crippen molar-refractivity contribution in [1.82, 2.24) is 4.98 Å². The molecule has 0 aliphatic carbocycles. The van der Waals surface area contributed by atoms with Crippen LogP contribution in [-0.4, -0.2) is 4.98 Å². The average Bonchev–Trinajstić information content (AvgIpc) is 2.15. The summed E-state index contributed by atoms with van der Waals surface area (Å²) in [6.07, 6.45) is 0.899. The molecule has 1 aromatic heterocycles. The molecule has 1 heterocycles. The maximum absolute atomic E-state index is 13.4. The lowest BCUT2D eigenvalue weighted by molar-refractivity contribution is 0.576. The SMILES string of the molecule is Fc1cc(I)cc(-c2ncc(F)cc2F)c1. The maximum Gasteiger partial charge on any atom is 0.152 e. The normalized spacial score (nSPS) is 10.5. The zero-order chi connectivity index (χ0) is 11.7. The smallest absolute Gasteiger partial charge is 0.152 e. The highest BCUT2D eigenvalue weighted by Gasteiger charge is 2.09. The molecule has 0 aliphatic rings. The van der Waals surface area contributed by atoms with E-state index in [1.54, 1.807) is 6.07 Å². The number of rotatable bonds is 1. The van der Waals surface area contributed by atoms with Crippen LogP contribution in [0.2, 0.25) is 0 Å². The summed E-state index contributed by atoms with van der Waals surface area (Å²) in [6.45, 7) is 0. The van der Waals surface area contributed by atoms with Crippen molar-refractivity contribution >= 4 is 22.6 Å². The molecule has 0 fully saturated rings. The van der Waals surface area contributed by atoms with Crippen molar-refractivity contribution in [2.75, 3.05) is 0 Å². The van der Waals surface area contributed by atoms with Crippen LogP contribution in [0.5, 0.6) is 0 Å². The Morgan fingerprint density at radius 3 is 2.31 bits per heavy atom. The maximum atomic E-state index is 13.4. The van der Waals surface area contributed by atoms with Crippen molar-refractivity contribution in [2.24, 2.45) is 0 Å². The Hall–Kier alpha value is -1.11. The van der Waals surface area contributed by atoms with Gasteiger partial charge in [-0.3, -0.25) is 4.98 Å². The Kier molecular flexibility index (Phi) is 3.13. The van der Waals surface area contributed by atoms with Gasteiger partial charge in [0.1, 0.15) is 17.3 Å². The molecular formula is C11H5F3IN. The first kappa shape index (κ1) is 11.4. The summed E-state index contributed by atoms with van der Waals surface area (Å²) in [6, 6.07) is 4.77. The van der Waals surface area contributed by atoms with Crippen molar-refractivity contribution in [3.05, 3.63) is 51.5 Å². The number of nitrogens with zero attached hydrogens (tertiary/aromatic N) is 1. The second kappa shape index (κ2) is 4.40. The third kappa shape index (κ3) is 2.34. The second-order valence-electron chi connectivity index (χ2n) is 3.14. The molecule has 0 radical (unpaired) electrons. The minimum absolute atomic E-state index is 0.0567. The van der Waals surface area contributed by atoms with Crippen LogP contribution in [0.4, 0.5) is 13.2 Å². The molecule has 0 amide bonds. The van der Waals surface area contributed by atoms with Gasteiger partial charge in [-0.2, -0.15) is 0 Å². The molecule has 0 aliphatic heterocycles. The Morgan fingerprint density at radius 2 is 1.69 bits per heavy atom. The quantitative estimate of drug-likeness (QED) is 0.723. The highest BCUT2D eigenvalue weighted by Crippen LogP contribution is 2.23. The van der Waals surface area contributed by atoms with E-state index in [2.05, 4.69) is 4.98 Å². The number of halogens is 4. The molecule has 0 unspecified atom stereocenters. The van der Waals surface area contributed by atoms with Gasteiger partial charge >= 0.3 is 0 Å². The summed E-state index contributed by atoms with van der Waals surface area (Å²) in [5.74, 6) is -2.04. The predicted molar refractivity (Wildman–Crippen MR) is 62.3 cm³/mol. The van der Waals surface area contributed by atoms with Gasteiger partial charge in [0.15, 0.2) is 5.82 Å². The fraction of sp³-hybridized carbons (Fsp3) is 0. The summed E-state index contributed by atoms with van der Waals surface area (Å²) in [4.78, 5) is 3.61. The summed E-state index contributed by atoms with van der Waals surface area (Å²) in [7, 11) is 0. The summed E-state index contributed by atoms with van der Waals surface area (Å²) < 4.78 is 39.7. The van der Waals surface area contributed by atoms with E-state index in [0.717, 1.165) is 18.3 Å². The lowest BCUT2D eigenvalue weighted by Gasteiger charge is -2.03. The van der Waals surface area contributed by atoms with Crippen molar-refractivity contribution < 1.29 is 13.2 Å². The Balaban J connectivity index is 2.58. The van der Waals surface area contributed by atoms with Crippen LogP contribution in [0.1, 0.15) is 0 Å². The molecule has 2 aromatic rings. The van der Waals surface area contributed by atoms with Gasteiger partial charge in [0.25, 0.3) is 0 Å². The van der Waals surface area contributed by atoms with E-state index in [0.29, 0.717) is 9.13 Å². The fourth-order valence-electron chi connectivity index (χ4n) is 1.32. The number of pyridine rings is 1. The van der Waals surface area contributed by atoms with E-state index in [1.165, 1.54) is 6.07 Å². The molecule has 0 spiro atoms. The van der Waals surface area contributed by atoms with Crippen LogP contribution in [0.25, 0.3) is 11.3 Å². The molecule has 5 heteroatoms. The topological polar surface area (TPSA) is 12.9 Å². The van der Waals surface area contributed by atoms with E-state index in [9.17, 15) is 13.2 Å². The molecular weight excluding hydrogens is 330 g/mol. The van der Waals surface area contributed by atoms with E-state index in [1.807, 2.05) is 22.6 Å². The largest absolute Gasteiger partial charge is 0.250 e. The van der Waals surface area contributed by atoms with Crippen molar-refractivity contribution in [3.8, 4) is 11.3 Å². The zero-order valence-electron chi connectivity index (χ0n) is 7.85. The first-order valence-electron chi connectivity index (χ1n) is 4.34. The molecule has 0 saturated carbocycles. The monoisotopic (exact) mass is 335 g/mol. The highest BCUT2D eigenvalue weighted by molar-refractivity contribution is 14.1. The third-order valence-electron chi connectivity index (χ3n) is 1.94. The molecule has 0 bridgehead atoms. The molecule has 0 N–H and O–H groups in total. The highest BCUT2D eigenvalue weighted by atomic mass is 127. The van der Waals surface area contributed by atoms with Gasteiger partial charge in [0.2, 0.25) is 0 Å². The zero-order valence-corrected chi connectivity index (χ0v) is 10.0. The van der Waals surface area contributed by atoms with Crippen molar-refractivity contribution in [1.29, 1.82) is 0 Å². The minimum Gasteiger partial charge on any atom is -0.250 e. The van der Waals surface area contributed by atoms with Crippen LogP contribution in [-0.2, 0) is 0 Å². The molecule has 1 aromatic carbocycles. The van der Waals surface area contributed by atoms with Crippen LogP contribution >= 0.6 is 22.6 Å². The molecule has 16 heavy (non-hydrogen) atoms. The van der Waals surface area contributed by atoms with Gasteiger partial charge in [-0.1, -0.05) is 0 Å². The van der Waals surface area contributed by atoms with E-state index in [-0.39, 0.29) is 5.69 Å². The van der Waals surface area contributed by atoms with Crippen molar-refractivity contribution in [2.45, 2.75) is 0 Å². The first-order chi connectivity index (χ1) is 7.56. The first-order valence-corrected chi connectivity index (χ1v) is 5.41. The van der Waals surface area contributed by atoms with Gasteiger partial charge in [0, 0.05) is 15.2 Å². The minimum atomic E-state index is -0.804. The molecule has 0 saturated heterocycles. The molecule has 0 atom stereocenters. The Labute approximate surface area is 103 Å². The Bertz CT molecular complexity index is 522. The van der Waals surface area contributed by atoms with Gasteiger partial charge < -0.3 is 0 Å². The summed E-state index contributed by atoms with van der Waals surface area (Å²) >= 11 is 1.91. The lowest BCUT2D eigenvalue weighted by atomic mass is 10.1. The summed E-state index contributed by atoms with van der Waals surface area (Å²) in [5.41, 5.74) is 0.237. The lowest BCUT2D eigenvalue weighted by Crippen LogP contribution is -1.92. The van der Waals surface area contributed by atoms with Gasteiger partial charge in [-0.25, -0.2) is 13.2 Å². The molecule has 2 rings (SSSR count). The van der Waals surface area contributed by atoms with Crippen LogP contribution in [0.3, 0.4) is 0 Å². The van der Waals surface area contributed by atoms with E-state index >= 15 is 0 Å². The average molecular weight is 335 g/mol. The molecule has 1 nitrogen and oxygen atoms in total. The van der Waals surface area contributed by atoms with Crippen LogP contribution in [0.15, 0.2) is 30.5 Å².